The van der Waals surface area contributed by atoms with Crippen LogP contribution in [-0.4, -0.2) is 95.9 Å². The number of carbonyl (C=O) groups excluding carboxylic acids is 3. The third-order valence-corrected chi connectivity index (χ3v) is 19.2. The van der Waals surface area contributed by atoms with Crippen LogP contribution in [0.4, 0.5) is 0 Å². The van der Waals surface area contributed by atoms with Crippen LogP contribution in [0.15, 0.2) is 134 Å². The Morgan fingerprint density at radius 3 is 0.838 bits per heavy atom. The van der Waals surface area contributed by atoms with Gasteiger partial charge in [0.05, 0.1) is 26.4 Å². The molecular formula is C87H150O16P2. The first kappa shape index (κ1) is 101. The van der Waals surface area contributed by atoms with E-state index in [0.717, 1.165) is 154 Å². The van der Waals surface area contributed by atoms with E-state index >= 15 is 0 Å². The topological polar surface area (TPSA) is 231 Å². The van der Waals surface area contributed by atoms with E-state index in [4.69, 9.17) is 32.3 Å². The lowest BCUT2D eigenvalue weighted by Crippen LogP contribution is -2.30. The number of aliphatic hydroxyl groups excluding tert-OH is 2. The van der Waals surface area contributed by atoms with Crippen molar-refractivity contribution in [1.82, 2.24) is 0 Å². The number of unbranched alkanes of at least 4 members (excludes halogenated alkanes) is 33. The summed E-state index contributed by atoms with van der Waals surface area (Å²) in [5.74, 6) is -1.59. The Morgan fingerprint density at radius 1 is 0.276 bits per heavy atom. The van der Waals surface area contributed by atoms with Crippen molar-refractivity contribution in [3.8, 4) is 0 Å². The zero-order chi connectivity index (χ0) is 76.6. The van der Waals surface area contributed by atoms with Crippen LogP contribution in [0.3, 0.4) is 0 Å². The molecule has 0 bridgehead atoms. The third kappa shape index (κ3) is 80.5. The highest BCUT2D eigenvalue weighted by Crippen LogP contribution is 2.45. The maximum Gasteiger partial charge on any atom is 0.472 e. The van der Waals surface area contributed by atoms with Gasteiger partial charge >= 0.3 is 33.6 Å². The van der Waals surface area contributed by atoms with Crippen molar-refractivity contribution in [3.63, 3.8) is 0 Å². The van der Waals surface area contributed by atoms with E-state index in [1.54, 1.807) is 0 Å². The van der Waals surface area contributed by atoms with Gasteiger partial charge < -0.3 is 34.2 Å². The van der Waals surface area contributed by atoms with E-state index in [9.17, 15) is 43.5 Å². The van der Waals surface area contributed by atoms with Gasteiger partial charge in [0.25, 0.3) is 0 Å². The molecule has 604 valence electrons. The second kappa shape index (κ2) is 79.2. The number of carbonyl (C=O) groups is 3. The van der Waals surface area contributed by atoms with Crippen molar-refractivity contribution in [2.75, 3.05) is 39.6 Å². The number of ether oxygens (including phenoxy) is 3. The standard InChI is InChI=1S/C87H150O16P2/c1-4-7-10-13-16-19-22-24-26-28-30-32-34-36-37-38-39-40-41-42-43-45-47-48-50-52-54-56-59-61-64-67-70-73-85(90)97-76-82(88)77-99-104(93,94)100-78-83(89)79-101-105(95,96)102-81-84(103-87(92)75-72-69-66-63-58-21-18-15-12-9-6-3)80-98-86(91)74-71-68-65-62-60-57-55-53-51-49-46-44-35-33-31-29-27-25-23-20-17-14-11-8-5-2/h7,10,15-20,24-27,30-33,36-37,39-40,44,46,82-84,88-89H,4-6,8-9,11-14,21-23,28-29,34-35,38,41-43,45,47-81H2,1-3H3,(H,93,94)(H,95,96)/b10-7-,18-15-,19-16-,20-17-,26-24-,27-25-,32-30-,33-31-,37-36-,40-39-,46-44-. The first-order valence-electron chi connectivity index (χ1n) is 41.5. The highest BCUT2D eigenvalue weighted by molar-refractivity contribution is 7.47. The van der Waals surface area contributed by atoms with Crippen molar-refractivity contribution >= 4 is 33.6 Å². The van der Waals surface area contributed by atoms with Crippen molar-refractivity contribution in [2.24, 2.45) is 0 Å². The number of rotatable bonds is 78. The summed E-state index contributed by atoms with van der Waals surface area (Å²) in [4.78, 5) is 58.6. The van der Waals surface area contributed by atoms with Gasteiger partial charge in [-0.05, 0) is 135 Å². The highest BCUT2D eigenvalue weighted by Gasteiger charge is 2.29. The van der Waals surface area contributed by atoms with Crippen LogP contribution in [0.5, 0.6) is 0 Å². The Hall–Kier alpha value is -4.31. The van der Waals surface area contributed by atoms with Gasteiger partial charge in [0.15, 0.2) is 6.10 Å². The van der Waals surface area contributed by atoms with Gasteiger partial charge in [0.2, 0.25) is 0 Å². The van der Waals surface area contributed by atoms with Crippen LogP contribution >= 0.6 is 15.6 Å². The Morgan fingerprint density at radius 2 is 0.514 bits per heavy atom. The fourth-order valence-electron chi connectivity index (χ4n) is 11.0. The summed E-state index contributed by atoms with van der Waals surface area (Å²) in [6, 6.07) is 0. The van der Waals surface area contributed by atoms with Crippen molar-refractivity contribution in [2.45, 2.75) is 360 Å². The van der Waals surface area contributed by atoms with E-state index in [0.29, 0.717) is 19.3 Å². The minimum atomic E-state index is -4.93. The fourth-order valence-corrected chi connectivity index (χ4v) is 12.6. The van der Waals surface area contributed by atoms with Crippen LogP contribution in [0.2, 0.25) is 0 Å². The van der Waals surface area contributed by atoms with E-state index in [1.165, 1.54) is 128 Å². The lowest BCUT2D eigenvalue weighted by molar-refractivity contribution is -0.161. The van der Waals surface area contributed by atoms with E-state index < -0.39 is 91.5 Å². The van der Waals surface area contributed by atoms with E-state index in [2.05, 4.69) is 154 Å². The van der Waals surface area contributed by atoms with Crippen LogP contribution in [-0.2, 0) is 55.8 Å². The average Bonchev–Trinajstić information content (AvgIpc) is 0.933. The molecule has 0 aromatic carbocycles. The minimum absolute atomic E-state index is 0.0916. The summed E-state index contributed by atoms with van der Waals surface area (Å²) in [6.07, 6.45) is 96.6. The predicted molar refractivity (Wildman–Crippen MR) is 436 cm³/mol. The Bertz CT molecular complexity index is 2440. The Labute approximate surface area is 639 Å². The quantitative estimate of drug-likeness (QED) is 0.0146. The fraction of sp³-hybridized carbons (Fsp3) is 0.713. The zero-order valence-electron chi connectivity index (χ0n) is 66.1. The molecule has 0 heterocycles. The molecule has 0 saturated carbocycles. The Balaban J connectivity index is 4.39. The number of allylic oxidation sites excluding steroid dienone is 22. The van der Waals surface area contributed by atoms with Gasteiger partial charge in [-0.15, -0.1) is 0 Å². The van der Waals surface area contributed by atoms with Crippen LogP contribution in [0, 0.1) is 0 Å². The molecule has 0 spiro atoms. The van der Waals surface area contributed by atoms with Crippen LogP contribution in [0.25, 0.3) is 0 Å². The summed E-state index contributed by atoms with van der Waals surface area (Å²) in [7, 11) is -9.79. The van der Waals surface area contributed by atoms with E-state index in [-0.39, 0.29) is 19.3 Å². The number of aliphatic hydroxyl groups is 2. The monoisotopic (exact) mass is 1510 g/mol. The summed E-state index contributed by atoms with van der Waals surface area (Å²) in [5.41, 5.74) is 0. The summed E-state index contributed by atoms with van der Waals surface area (Å²) in [5, 5.41) is 20.6. The molecule has 0 aromatic heterocycles. The third-order valence-electron chi connectivity index (χ3n) is 17.3. The molecule has 0 aliphatic heterocycles. The maximum atomic E-state index is 12.9. The molecule has 0 aromatic rings. The average molecular weight is 1510 g/mol. The summed E-state index contributed by atoms with van der Waals surface area (Å²) < 4.78 is 61.1. The number of esters is 3. The molecule has 18 heteroatoms. The first-order valence-corrected chi connectivity index (χ1v) is 44.5. The molecule has 0 rings (SSSR count). The Kier molecular flexibility index (Phi) is 76.0. The lowest BCUT2D eigenvalue weighted by Gasteiger charge is -2.21. The van der Waals surface area contributed by atoms with Gasteiger partial charge in [0.1, 0.15) is 25.4 Å². The molecule has 105 heavy (non-hydrogen) atoms. The zero-order valence-corrected chi connectivity index (χ0v) is 67.9. The van der Waals surface area contributed by atoms with Gasteiger partial charge in [-0.3, -0.25) is 32.5 Å². The number of hydrogen-bond donors (Lipinski definition) is 4. The van der Waals surface area contributed by atoms with Gasteiger partial charge in [-0.25, -0.2) is 9.13 Å². The van der Waals surface area contributed by atoms with Gasteiger partial charge in [0, 0.05) is 19.3 Å². The molecule has 0 amide bonds. The largest absolute Gasteiger partial charge is 0.472 e. The van der Waals surface area contributed by atoms with Crippen molar-refractivity contribution in [3.05, 3.63) is 134 Å². The number of phosphoric ester groups is 2. The SMILES string of the molecule is CC/C=C\C/C=C\C/C=C\C/C=C\C/C=C\C/C=C\CCCCCCCCCCCCCCCCC(=O)OCC(O)COP(=O)(O)OCC(O)COP(=O)(O)OCC(COC(=O)CCCCCCCCCCC/C=C\C/C=C\C/C=C\C/C=C\CCCCC)OC(=O)CCCCCCC/C=C\CCCC. The van der Waals surface area contributed by atoms with Gasteiger partial charge in [-0.1, -0.05) is 321 Å². The molecule has 4 N–H and O–H groups in total. The number of phosphoric acid groups is 2. The van der Waals surface area contributed by atoms with E-state index in [1.807, 2.05) is 0 Å². The maximum absolute atomic E-state index is 12.9. The first-order chi connectivity index (χ1) is 51.2. The second-order valence-electron chi connectivity index (χ2n) is 27.5. The molecule has 0 aliphatic carbocycles. The smallest absolute Gasteiger partial charge is 0.463 e. The normalized spacial score (nSPS) is 14.6. The van der Waals surface area contributed by atoms with Crippen LogP contribution < -0.4 is 0 Å². The number of hydrogen-bond acceptors (Lipinski definition) is 14. The summed E-state index contributed by atoms with van der Waals surface area (Å²) >= 11 is 0. The molecule has 0 aliphatic rings. The molecular weight excluding hydrogens is 1360 g/mol. The molecule has 0 radical (unpaired) electrons. The predicted octanol–water partition coefficient (Wildman–Crippen LogP) is 24.7. The van der Waals surface area contributed by atoms with Gasteiger partial charge in [-0.2, -0.15) is 0 Å². The lowest BCUT2D eigenvalue weighted by atomic mass is 10.0. The molecule has 0 saturated heterocycles. The van der Waals surface area contributed by atoms with Crippen molar-refractivity contribution < 1.29 is 75.8 Å². The molecule has 0 fully saturated rings. The minimum Gasteiger partial charge on any atom is -0.463 e. The molecule has 5 atom stereocenters. The molecule has 5 unspecified atom stereocenters. The highest BCUT2D eigenvalue weighted by atomic mass is 31.2. The summed E-state index contributed by atoms with van der Waals surface area (Å²) in [6.45, 7) is 2.50. The molecule has 16 nitrogen and oxygen atoms in total. The second-order valence-corrected chi connectivity index (χ2v) is 30.4. The van der Waals surface area contributed by atoms with Crippen molar-refractivity contribution in [1.29, 1.82) is 0 Å². The van der Waals surface area contributed by atoms with Crippen LogP contribution in [0.1, 0.15) is 342 Å².